The SMILES string of the molecule is N#CC(C#N)=C(F)c1c(F)c(F)c(F)c(F)c1F. The first-order chi connectivity index (χ1) is 8.36. The van der Waals surface area contributed by atoms with Gasteiger partial charge in [-0.05, 0) is 0 Å². The molecule has 1 aromatic rings. The van der Waals surface area contributed by atoms with Crippen LogP contribution in [0.15, 0.2) is 5.57 Å². The predicted molar refractivity (Wildman–Crippen MR) is 45.5 cm³/mol. The summed E-state index contributed by atoms with van der Waals surface area (Å²) in [5, 5.41) is 16.5. The van der Waals surface area contributed by atoms with Gasteiger partial charge < -0.3 is 0 Å². The Labute approximate surface area is 96.0 Å². The summed E-state index contributed by atoms with van der Waals surface area (Å²) < 4.78 is 77.5. The highest BCUT2D eigenvalue weighted by molar-refractivity contribution is 5.70. The number of nitrogens with zero attached hydrogens (tertiary/aromatic N) is 2. The maximum Gasteiger partial charge on any atom is 0.200 e. The van der Waals surface area contributed by atoms with E-state index in [1.807, 2.05) is 0 Å². The summed E-state index contributed by atoms with van der Waals surface area (Å²) >= 11 is 0. The fourth-order valence-corrected chi connectivity index (χ4v) is 1.05. The molecular weight excluding hydrogens is 262 g/mol. The van der Waals surface area contributed by atoms with Crippen LogP contribution in [0.2, 0.25) is 0 Å². The second kappa shape index (κ2) is 4.80. The van der Waals surface area contributed by atoms with E-state index >= 15 is 0 Å². The Balaban J connectivity index is 3.81. The van der Waals surface area contributed by atoms with Crippen LogP contribution in [-0.4, -0.2) is 0 Å². The Kier molecular flexibility index (Phi) is 3.62. The molecule has 0 aliphatic rings. The number of nitriles is 2. The fourth-order valence-electron chi connectivity index (χ4n) is 1.05. The highest BCUT2D eigenvalue weighted by Gasteiger charge is 2.29. The van der Waals surface area contributed by atoms with E-state index in [-0.39, 0.29) is 0 Å². The van der Waals surface area contributed by atoms with Crippen molar-refractivity contribution >= 4 is 5.83 Å². The van der Waals surface area contributed by atoms with Crippen LogP contribution in [0, 0.1) is 51.7 Å². The van der Waals surface area contributed by atoms with Crippen molar-refractivity contribution < 1.29 is 26.3 Å². The molecule has 0 saturated carbocycles. The van der Waals surface area contributed by atoms with Crippen LogP contribution in [0.1, 0.15) is 5.56 Å². The maximum atomic E-state index is 13.3. The quantitative estimate of drug-likeness (QED) is 0.338. The summed E-state index contributed by atoms with van der Waals surface area (Å²) in [6.45, 7) is 0. The number of hydrogen-bond donors (Lipinski definition) is 0. The van der Waals surface area contributed by atoms with E-state index in [1.54, 1.807) is 0 Å². The molecule has 0 unspecified atom stereocenters. The normalized spacial score (nSPS) is 9.56. The first-order valence-corrected chi connectivity index (χ1v) is 4.08. The van der Waals surface area contributed by atoms with Gasteiger partial charge in [0.05, 0.1) is 5.56 Å². The lowest BCUT2D eigenvalue weighted by atomic mass is 10.1. The highest BCUT2D eigenvalue weighted by Crippen LogP contribution is 2.30. The van der Waals surface area contributed by atoms with Gasteiger partial charge in [0.15, 0.2) is 34.7 Å². The first kappa shape index (κ1) is 13.6. The molecule has 0 aromatic heterocycles. The van der Waals surface area contributed by atoms with Gasteiger partial charge in [-0.25, -0.2) is 26.3 Å². The molecule has 1 rings (SSSR count). The standard InChI is InChI=1S/C10F6N2/c11-5(3(1-17)2-18)4-6(12)8(14)10(16)9(15)7(4)13. The highest BCUT2D eigenvalue weighted by atomic mass is 19.2. The molecule has 0 saturated heterocycles. The monoisotopic (exact) mass is 262 g/mol. The molecule has 0 fully saturated rings. The van der Waals surface area contributed by atoms with Gasteiger partial charge in [-0.15, -0.1) is 0 Å². The summed E-state index contributed by atoms with van der Waals surface area (Å²) in [6.07, 6.45) is 0. The van der Waals surface area contributed by atoms with Crippen LogP contribution in [0.25, 0.3) is 5.83 Å². The average molecular weight is 262 g/mol. The minimum absolute atomic E-state index is 0.929. The van der Waals surface area contributed by atoms with Gasteiger partial charge in [0.25, 0.3) is 0 Å². The molecule has 0 amide bonds. The Morgan fingerprint density at radius 2 is 1.06 bits per heavy atom. The smallest absolute Gasteiger partial charge is 0.200 e. The zero-order valence-corrected chi connectivity index (χ0v) is 8.16. The predicted octanol–water partition coefficient (Wildman–Crippen LogP) is 3.11. The Bertz CT molecular complexity index is 590. The van der Waals surface area contributed by atoms with Crippen molar-refractivity contribution in [1.29, 1.82) is 10.5 Å². The lowest BCUT2D eigenvalue weighted by molar-refractivity contribution is 0.374. The van der Waals surface area contributed by atoms with E-state index in [9.17, 15) is 26.3 Å². The molecule has 0 radical (unpaired) electrons. The number of halogens is 6. The summed E-state index contributed by atoms with van der Waals surface area (Å²) in [5.41, 5.74) is -3.34. The molecule has 92 valence electrons. The second-order valence-electron chi connectivity index (χ2n) is 2.86. The summed E-state index contributed by atoms with van der Waals surface area (Å²) in [4.78, 5) is 0. The van der Waals surface area contributed by atoms with Crippen molar-refractivity contribution in [2.24, 2.45) is 0 Å². The van der Waals surface area contributed by atoms with Crippen LogP contribution < -0.4 is 0 Å². The van der Waals surface area contributed by atoms with Crippen LogP contribution in [0.5, 0.6) is 0 Å². The molecule has 18 heavy (non-hydrogen) atoms. The Morgan fingerprint density at radius 1 is 0.722 bits per heavy atom. The molecule has 0 N–H and O–H groups in total. The van der Waals surface area contributed by atoms with Crippen molar-refractivity contribution in [1.82, 2.24) is 0 Å². The van der Waals surface area contributed by atoms with E-state index in [0.29, 0.717) is 0 Å². The number of hydrogen-bond acceptors (Lipinski definition) is 2. The van der Waals surface area contributed by atoms with Crippen molar-refractivity contribution in [3.05, 3.63) is 40.2 Å². The van der Waals surface area contributed by atoms with E-state index in [0.717, 1.165) is 12.1 Å². The number of rotatable bonds is 1. The molecule has 0 aliphatic carbocycles. The summed E-state index contributed by atoms with van der Waals surface area (Å²) in [6, 6.07) is 1.86. The molecule has 0 spiro atoms. The number of allylic oxidation sites excluding steroid dienone is 1. The summed E-state index contributed by atoms with van der Waals surface area (Å²) in [7, 11) is 0. The molecule has 0 aliphatic heterocycles. The van der Waals surface area contributed by atoms with E-state index in [1.165, 1.54) is 0 Å². The van der Waals surface area contributed by atoms with Crippen molar-refractivity contribution in [2.75, 3.05) is 0 Å². The summed E-state index contributed by atoms with van der Waals surface area (Å²) in [5.74, 6) is -14.2. The molecule has 0 bridgehead atoms. The van der Waals surface area contributed by atoms with Crippen LogP contribution >= 0.6 is 0 Å². The average Bonchev–Trinajstić information content (AvgIpc) is 2.36. The van der Waals surface area contributed by atoms with Gasteiger partial charge in [0.1, 0.15) is 12.1 Å². The van der Waals surface area contributed by atoms with E-state index in [4.69, 9.17) is 10.5 Å². The van der Waals surface area contributed by atoms with Gasteiger partial charge >= 0.3 is 0 Å². The lowest BCUT2D eigenvalue weighted by Crippen LogP contribution is -2.06. The molecule has 2 nitrogen and oxygen atoms in total. The molecule has 8 heteroatoms. The zero-order valence-electron chi connectivity index (χ0n) is 8.16. The Morgan fingerprint density at radius 3 is 1.39 bits per heavy atom. The first-order valence-electron chi connectivity index (χ1n) is 4.08. The van der Waals surface area contributed by atoms with Crippen LogP contribution in [0.4, 0.5) is 26.3 Å². The van der Waals surface area contributed by atoms with Gasteiger partial charge in [0.2, 0.25) is 5.82 Å². The van der Waals surface area contributed by atoms with Gasteiger partial charge in [-0.1, -0.05) is 0 Å². The topological polar surface area (TPSA) is 47.6 Å². The fraction of sp³-hybridized carbons (Fsp3) is 0. The minimum atomic E-state index is -2.46. The van der Waals surface area contributed by atoms with E-state index in [2.05, 4.69) is 0 Å². The van der Waals surface area contributed by atoms with Gasteiger partial charge in [-0.3, -0.25) is 0 Å². The van der Waals surface area contributed by atoms with Crippen molar-refractivity contribution in [2.45, 2.75) is 0 Å². The molecule has 0 heterocycles. The largest absolute Gasteiger partial charge is 0.204 e. The molecule has 1 aromatic carbocycles. The van der Waals surface area contributed by atoms with Gasteiger partial charge in [-0.2, -0.15) is 10.5 Å². The van der Waals surface area contributed by atoms with E-state index < -0.39 is 46.0 Å². The maximum absolute atomic E-state index is 13.3. The minimum Gasteiger partial charge on any atom is -0.204 e. The van der Waals surface area contributed by atoms with Gasteiger partial charge in [0, 0.05) is 0 Å². The van der Waals surface area contributed by atoms with Crippen LogP contribution in [-0.2, 0) is 0 Å². The Hall–Kier alpha value is -2.48. The molecular formula is C10F6N2. The molecule has 0 atom stereocenters. The third-order valence-corrected chi connectivity index (χ3v) is 1.87. The number of benzene rings is 1. The lowest BCUT2D eigenvalue weighted by Gasteiger charge is -2.05. The zero-order chi connectivity index (χ0) is 14.0. The van der Waals surface area contributed by atoms with Crippen molar-refractivity contribution in [3.63, 3.8) is 0 Å². The third-order valence-electron chi connectivity index (χ3n) is 1.87. The third kappa shape index (κ3) is 1.89. The second-order valence-corrected chi connectivity index (χ2v) is 2.86. The van der Waals surface area contributed by atoms with Crippen molar-refractivity contribution in [3.8, 4) is 12.1 Å². The van der Waals surface area contributed by atoms with Crippen LogP contribution in [0.3, 0.4) is 0 Å².